The van der Waals surface area contributed by atoms with Gasteiger partial charge in [-0.2, -0.15) is 10.4 Å². The van der Waals surface area contributed by atoms with Gasteiger partial charge >= 0.3 is 0 Å². The van der Waals surface area contributed by atoms with Crippen molar-refractivity contribution in [2.45, 2.75) is 32.1 Å². The number of H-pyrrole nitrogens is 1. The van der Waals surface area contributed by atoms with Gasteiger partial charge in [0.05, 0.1) is 18.0 Å². The van der Waals surface area contributed by atoms with Crippen LogP contribution in [0, 0.1) is 16.7 Å². The zero-order valence-corrected chi connectivity index (χ0v) is 8.99. The summed E-state index contributed by atoms with van der Waals surface area (Å²) in [7, 11) is 0. The predicted molar refractivity (Wildman–Crippen MR) is 58.3 cm³/mol. The number of aromatic amines is 1. The van der Waals surface area contributed by atoms with Gasteiger partial charge in [-0.05, 0) is 12.8 Å². The van der Waals surface area contributed by atoms with E-state index in [2.05, 4.69) is 21.6 Å². The lowest BCUT2D eigenvalue weighted by Crippen LogP contribution is -2.36. The average molecular weight is 218 g/mol. The Kier molecular flexibility index (Phi) is 2.91. The lowest BCUT2D eigenvalue weighted by atomic mass is 9.74. The highest BCUT2D eigenvalue weighted by molar-refractivity contribution is 5.97. The first-order chi connectivity index (χ1) is 7.77. The first kappa shape index (κ1) is 10.7. The van der Waals surface area contributed by atoms with E-state index in [4.69, 9.17) is 0 Å². The Labute approximate surface area is 93.8 Å². The summed E-state index contributed by atoms with van der Waals surface area (Å²) < 4.78 is 0. The quantitative estimate of drug-likeness (QED) is 0.794. The van der Waals surface area contributed by atoms with Gasteiger partial charge in [0.25, 0.3) is 0 Å². The van der Waals surface area contributed by atoms with Crippen molar-refractivity contribution in [2.24, 2.45) is 5.41 Å². The largest absolute Gasteiger partial charge is 0.322 e. The molecule has 1 aliphatic rings. The summed E-state index contributed by atoms with van der Waals surface area (Å²) >= 11 is 0. The summed E-state index contributed by atoms with van der Waals surface area (Å²) in [5.41, 5.74) is -0.222. The number of nitrogens with one attached hydrogen (secondary N) is 2. The van der Waals surface area contributed by atoms with Crippen LogP contribution in [-0.4, -0.2) is 16.1 Å². The second-order valence-electron chi connectivity index (χ2n) is 4.20. The number of amides is 1. The fourth-order valence-electron chi connectivity index (χ4n) is 2.11. The number of hydrogen-bond acceptors (Lipinski definition) is 3. The Morgan fingerprint density at radius 3 is 2.81 bits per heavy atom. The van der Waals surface area contributed by atoms with Crippen molar-refractivity contribution in [3.63, 3.8) is 0 Å². The molecule has 1 fully saturated rings. The molecule has 5 heteroatoms. The topological polar surface area (TPSA) is 81.6 Å². The van der Waals surface area contributed by atoms with Crippen LogP contribution in [0.4, 0.5) is 5.69 Å². The molecular formula is C11H14N4O. The van der Waals surface area contributed by atoms with Crippen molar-refractivity contribution in [3.05, 3.63) is 12.4 Å². The van der Waals surface area contributed by atoms with Gasteiger partial charge in [-0.15, -0.1) is 0 Å². The second kappa shape index (κ2) is 4.35. The summed E-state index contributed by atoms with van der Waals surface area (Å²) in [5.74, 6) is -0.198. The van der Waals surface area contributed by atoms with Gasteiger partial charge in [-0.1, -0.05) is 19.3 Å². The molecule has 2 N–H and O–H groups in total. The zero-order valence-electron chi connectivity index (χ0n) is 8.99. The molecule has 1 amide bonds. The van der Waals surface area contributed by atoms with Crippen LogP contribution in [0.3, 0.4) is 0 Å². The predicted octanol–water partition coefficient (Wildman–Crippen LogP) is 1.82. The number of hydrogen-bond donors (Lipinski definition) is 2. The summed E-state index contributed by atoms with van der Waals surface area (Å²) in [6.07, 6.45) is 7.47. The van der Waals surface area contributed by atoms with Gasteiger partial charge in [-0.25, -0.2) is 0 Å². The lowest BCUT2D eigenvalue weighted by Gasteiger charge is -2.28. The maximum atomic E-state index is 12.0. The fourth-order valence-corrected chi connectivity index (χ4v) is 2.11. The molecule has 0 atom stereocenters. The van der Waals surface area contributed by atoms with Gasteiger partial charge in [0, 0.05) is 6.20 Å². The third kappa shape index (κ3) is 1.91. The smallest absolute Gasteiger partial charge is 0.244 e. The molecule has 5 nitrogen and oxygen atoms in total. The average Bonchev–Trinajstić information content (AvgIpc) is 2.82. The van der Waals surface area contributed by atoms with Crippen LogP contribution >= 0.6 is 0 Å². The van der Waals surface area contributed by atoms with E-state index in [1.165, 1.54) is 6.20 Å². The van der Waals surface area contributed by atoms with Crippen molar-refractivity contribution in [1.29, 1.82) is 5.26 Å². The summed E-state index contributed by atoms with van der Waals surface area (Å²) in [6, 6.07) is 2.19. The van der Waals surface area contributed by atoms with Gasteiger partial charge in [0.1, 0.15) is 5.41 Å². The number of aromatic nitrogens is 2. The molecule has 0 aromatic carbocycles. The van der Waals surface area contributed by atoms with Crippen LogP contribution in [0.5, 0.6) is 0 Å². The molecule has 1 saturated carbocycles. The molecule has 1 aromatic heterocycles. The molecule has 0 aliphatic heterocycles. The van der Waals surface area contributed by atoms with Crippen LogP contribution in [0.1, 0.15) is 32.1 Å². The molecule has 0 saturated heterocycles. The molecule has 16 heavy (non-hydrogen) atoms. The number of nitriles is 1. The minimum Gasteiger partial charge on any atom is -0.322 e. The number of carbonyl (C=O) groups excluding carboxylic acids is 1. The Morgan fingerprint density at radius 2 is 2.25 bits per heavy atom. The summed E-state index contributed by atoms with van der Waals surface area (Å²) in [4.78, 5) is 12.0. The molecule has 0 radical (unpaired) electrons. The maximum absolute atomic E-state index is 12.0. The molecule has 1 aliphatic carbocycles. The van der Waals surface area contributed by atoms with Gasteiger partial charge in [0.2, 0.25) is 5.91 Å². The number of nitrogens with zero attached hydrogens (tertiary/aromatic N) is 2. The summed E-state index contributed by atoms with van der Waals surface area (Å²) in [5, 5.41) is 18.3. The monoisotopic (exact) mass is 218 g/mol. The zero-order chi connectivity index (χ0) is 11.4. The van der Waals surface area contributed by atoms with Crippen LogP contribution < -0.4 is 5.32 Å². The van der Waals surface area contributed by atoms with E-state index in [0.717, 1.165) is 19.3 Å². The van der Waals surface area contributed by atoms with Gasteiger partial charge in [-0.3, -0.25) is 9.89 Å². The number of carbonyl (C=O) groups is 1. The SMILES string of the molecule is N#CC1(C(=O)Nc2cn[nH]c2)CCCCC1. The maximum Gasteiger partial charge on any atom is 0.244 e. The third-order valence-electron chi connectivity index (χ3n) is 3.11. The molecule has 2 rings (SSSR count). The molecule has 0 unspecified atom stereocenters. The van der Waals surface area contributed by atoms with E-state index in [9.17, 15) is 10.1 Å². The Balaban J connectivity index is 2.10. The molecule has 1 heterocycles. The van der Waals surface area contributed by atoms with Gasteiger partial charge in [0.15, 0.2) is 0 Å². The van der Waals surface area contributed by atoms with E-state index >= 15 is 0 Å². The highest BCUT2D eigenvalue weighted by Gasteiger charge is 2.39. The van der Waals surface area contributed by atoms with Crippen molar-refractivity contribution in [1.82, 2.24) is 10.2 Å². The molecule has 1 aromatic rings. The van der Waals surface area contributed by atoms with Crippen LogP contribution in [0.15, 0.2) is 12.4 Å². The highest BCUT2D eigenvalue weighted by atomic mass is 16.2. The third-order valence-corrected chi connectivity index (χ3v) is 3.11. The van der Waals surface area contributed by atoms with E-state index in [-0.39, 0.29) is 5.91 Å². The van der Waals surface area contributed by atoms with E-state index in [1.54, 1.807) is 6.20 Å². The molecule has 84 valence electrons. The first-order valence-corrected chi connectivity index (χ1v) is 5.48. The number of anilines is 1. The van der Waals surface area contributed by atoms with Gasteiger partial charge < -0.3 is 5.32 Å². The van der Waals surface area contributed by atoms with Crippen LogP contribution in [0.2, 0.25) is 0 Å². The van der Waals surface area contributed by atoms with E-state index < -0.39 is 5.41 Å². The minimum atomic E-state index is -0.838. The van der Waals surface area contributed by atoms with Crippen LogP contribution in [0.25, 0.3) is 0 Å². The standard InChI is InChI=1S/C11H14N4O/c12-8-11(4-2-1-3-5-11)10(16)15-9-6-13-14-7-9/h6-7H,1-5H2,(H,13,14)(H,15,16). The minimum absolute atomic E-state index is 0.198. The molecular weight excluding hydrogens is 204 g/mol. The normalized spacial score (nSPS) is 18.7. The van der Waals surface area contributed by atoms with E-state index in [0.29, 0.717) is 18.5 Å². The molecule has 0 spiro atoms. The Bertz CT molecular complexity index is 398. The Morgan fingerprint density at radius 1 is 1.50 bits per heavy atom. The molecule has 0 bridgehead atoms. The highest BCUT2D eigenvalue weighted by Crippen LogP contribution is 2.36. The lowest BCUT2D eigenvalue weighted by molar-refractivity contribution is -0.124. The summed E-state index contributed by atoms with van der Waals surface area (Å²) in [6.45, 7) is 0. The fraction of sp³-hybridized carbons (Fsp3) is 0.545. The Hall–Kier alpha value is -1.83. The van der Waals surface area contributed by atoms with Crippen molar-refractivity contribution >= 4 is 11.6 Å². The van der Waals surface area contributed by atoms with Crippen molar-refractivity contribution in [3.8, 4) is 6.07 Å². The number of rotatable bonds is 2. The van der Waals surface area contributed by atoms with Crippen molar-refractivity contribution in [2.75, 3.05) is 5.32 Å². The second-order valence-corrected chi connectivity index (χ2v) is 4.20. The first-order valence-electron chi connectivity index (χ1n) is 5.48. The van der Waals surface area contributed by atoms with Crippen LogP contribution in [-0.2, 0) is 4.79 Å². The van der Waals surface area contributed by atoms with E-state index in [1.807, 2.05) is 0 Å². The van der Waals surface area contributed by atoms with Crippen molar-refractivity contribution < 1.29 is 4.79 Å².